The van der Waals surface area contributed by atoms with E-state index in [1.165, 1.54) is 0 Å². The van der Waals surface area contributed by atoms with Crippen molar-refractivity contribution in [2.75, 3.05) is 19.7 Å². The summed E-state index contributed by atoms with van der Waals surface area (Å²) in [5.74, 6) is 0.961. The number of hydrogen-bond donors (Lipinski definition) is 1. The van der Waals surface area contributed by atoms with Gasteiger partial charge in [0.25, 0.3) is 0 Å². The summed E-state index contributed by atoms with van der Waals surface area (Å²) in [5, 5.41) is 3.26. The van der Waals surface area contributed by atoms with E-state index in [-0.39, 0.29) is 6.10 Å². The molecule has 0 aliphatic carbocycles. The van der Waals surface area contributed by atoms with Crippen LogP contribution in [0.4, 0.5) is 0 Å². The monoisotopic (exact) mass is 204 g/mol. The van der Waals surface area contributed by atoms with Gasteiger partial charge in [0.1, 0.15) is 11.9 Å². The van der Waals surface area contributed by atoms with E-state index in [2.05, 4.69) is 22.4 Å². The molecule has 1 aromatic rings. The largest absolute Gasteiger partial charge is 0.369 e. The van der Waals surface area contributed by atoms with Gasteiger partial charge in [-0.05, 0) is 12.5 Å². The molecule has 1 heterocycles. The molecule has 0 fully saturated rings. The molecule has 1 aliphatic rings. The SMILES string of the molecule is CCOC(C1=NCCN1)c1ccccc1. The molecular formula is C12H16N2O. The highest BCUT2D eigenvalue weighted by atomic mass is 16.5. The van der Waals surface area contributed by atoms with Crippen molar-refractivity contribution in [3.05, 3.63) is 35.9 Å². The van der Waals surface area contributed by atoms with Crippen LogP contribution in [0.2, 0.25) is 0 Å². The lowest BCUT2D eigenvalue weighted by molar-refractivity contribution is 0.108. The van der Waals surface area contributed by atoms with E-state index >= 15 is 0 Å². The summed E-state index contributed by atoms with van der Waals surface area (Å²) in [6.45, 7) is 4.48. The third-order valence-corrected chi connectivity index (χ3v) is 2.38. The Bertz CT molecular complexity index is 335. The highest BCUT2D eigenvalue weighted by Crippen LogP contribution is 2.19. The lowest BCUT2D eigenvalue weighted by Crippen LogP contribution is -2.27. The van der Waals surface area contributed by atoms with Crippen molar-refractivity contribution in [2.24, 2.45) is 4.99 Å². The maximum absolute atomic E-state index is 5.72. The normalized spacial score (nSPS) is 17.0. The van der Waals surface area contributed by atoms with Crippen LogP contribution in [0.5, 0.6) is 0 Å². The van der Waals surface area contributed by atoms with E-state index in [1.54, 1.807) is 0 Å². The highest BCUT2D eigenvalue weighted by Gasteiger charge is 2.20. The quantitative estimate of drug-likeness (QED) is 0.811. The van der Waals surface area contributed by atoms with E-state index < -0.39 is 0 Å². The van der Waals surface area contributed by atoms with Crippen LogP contribution in [-0.2, 0) is 4.74 Å². The molecule has 1 atom stereocenters. The summed E-state index contributed by atoms with van der Waals surface area (Å²) in [7, 11) is 0. The van der Waals surface area contributed by atoms with Crippen LogP contribution in [-0.4, -0.2) is 25.5 Å². The van der Waals surface area contributed by atoms with Crippen LogP contribution in [0.25, 0.3) is 0 Å². The summed E-state index contributed by atoms with van der Waals surface area (Å²) in [6.07, 6.45) is -0.0290. The first-order chi connectivity index (χ1) is 7.42. The summed E-state index contributed by atoms with van der Waals surface area (Å²) in [5.41, 5.74) is 1.16. The summed E-state index contributed by atoms with van der Waals surface area (Å²) in [4.78, 5) is 4.41. The van der Waals surface area contributed by atoms with E-state index in [1.807, 2.05) is 25.1 Å². The van der Waals surface area contributed by atoms with Crippen LogP contribution in [0.15, 0.2) is 35.3 Å². The van der Waals surface area contributed by atoms with Gasteiger partial charge in [-0.1, -0.05) is 30.3 Å². The van der Waals surface area contributed by atoms with Crippen LogP contribution < -0.4 is 5.32 Å². The zero-order valence-corrected chi connectivity index (χ0v) is 8.94. The van der Waals surface area contributed by atoms with Crippen molar-refractivity contribution in [2.45, 2.75) is 13.0 Å². The van der Waals surface area contributed by atoms with Crippen molar-refractivity contribution in [1.82, 2.24) is 5.32 Å². The maximum Gasteiger partial charge on any atom is 0.139 e. The molecule has 3 heteroatoms. The molecule has 1 unspecified atom stereocenters. The second-order valence-corrected chi connectivity index (χ2v) is 3.44. The Hall–Kier alpha value is -1.35. The third-order valence-electron chi connectivity index (χ3n) is 2.38. The molecule has 0 saturated heterocycles. The molecule has 0 radical (unpaired) electrons. The van der Waals surface area contributed by atoms with Gasteiger partial charge in [-0.3, -0.25) is 4.99 Å². The van der Waals surface area contributed by atoms with E-state index in [0.717, 1.165) is 24.5 Å². The number of nitrogens with zero attached hydrogens (tertiary/aromatic N) is 1. The predicted molar refractivity (Wildman–Crippen MR) is 61.1 cm³/mol. The molecule has 1 aliphatic heterocycles. The Kier molecular flexibility index (Phi) is 3.35. The van der Waals surface area contributed by atoms with Crippen LogP contribution in [0.1, 0.15) is 18.6 Å². The van der Waals surface area contributed by atoms with E-state index in [9.17, 15) is 0 Å². The lowest BCUT2D eigenvalue weighted by atomic mass is 10.1. The fourth-order valence-electron chi connectivity index (χ4n) is 1.72. The molecule has 0 spiro atoms. The van der Waals surface area contributed by atoms with Gasteiger partial charge in [0.05, 0.1) is 6.54 Å². The van der Waals surface area contributed by atoms with Crippen molar-refractivity contribution in [1.29, 1.82) is 0 Å². The van der Waals surface area contributed by atoms with Crippen molar-refractivity contribution in [3.63, 3.8) is 0 Å². The number of benzene rings is 1. The first-order valence-corrected chi connectivity index (χ1v) is 5.36. The van der Waals surface area contributed by atoms with Gasteiger partial charge in [-0.15, -0.1) is 0 Å². The van der Waals surface area contributed by atoms with Gasteiger partial charge >= 0.3 is 0 Å². The molecule has 80 valence electrons. The molecule has 3 nitrogen and oxygen atoms in total. The van der Waals surface area contributed by atoms with Gasteiger partial charge in [-0.2, -0.15) is 0 Å². The lowest BCUT2D eigenvalue weighted by Gasteiger charge is -2.17. The first kappa shape index (κ1) is 10.2. The van der Waals surface area contributed by atoms with Gasteiger partial charge < -0.3 is 10.1 Å². The zero-order chi connectivity index (χ0) is 10.5. The highest BCUT2D eigenvalue weighted by molar-refractivity contribution is 5.88. The van der Waals surface area contributed by atoms with Crippen LogP contribution in [0.3, 0.4) is 0 Å². The molecule has 0 amide bonds. The Morgan fingerprint density at radius 1 is 1.40 bits per heavy atom. The first-order valence-electron chi connectivity index (χ1n) is 5.36. The molecule has 0 bridgehead atoms. The summed E-state index contributed by atoms with van der Waals surface area (Å²) >= 11 is 0. The number of aliphatic imine (C=N–C) groups is 1. The van der Waals surface area contributed by atoms with Crippen LogP contribution in [0, 0.1) is 0 Å². The zero-order valence-electron chi connectivity index (χ0n) is 8.94. The summed E-state index contributed by atoms with van der Waals surface area (Å²) < 4.78 is 5.72. The topological polar surface area (TPSA) is 33.6 Å². The molecule has 1 N–H and O–H groups in total. The Morgan fingerprint density at radius 2 is 2.20 bits per heavy atom. The van der Waals surface area contributed by atoms with Gasteiger partial charge in [-0.25, -0.2) is 0 Å². The molecule has 2 rings (SSSR count). The van der Waals surface area contributed by atoms with Crippen molar-refractivity contribution < 1.29 is 4.74 Å². The fraction of sp³-hybridized carbons (Fsp3) is 0.417. The van der Waals surface area contributed by atoms with E-state index in [0.29, 0.717) is 6.61 Å². The minimum atomic E-state index is -0.0290. The van der Waals surface area contributed by atoms with Crippen molar-refractivity contribution >= 4 is 5.84 Å². The summed E-state index contributed by atoms with van der Waals surface area (Å²) in [6, 6.07) is 10.2. The fourth-order valence-corrected chi connectivity index (χ4v) is 1.72. The molecule has 1 aromatic carbocycles. The number of hydrogen-bond acceptors (Lipinski definition) is 3. The van der Waals surface area contributed by atoms with Crippen LogP contribution >= 0.6 is 0 Å². The average Bonchev–Trinajstić information content (AvgIpc) is 2.80. The molecule has 0 saturated carbocycles. The minimum Gasteiger partial charge on any atom is -0.369 e. The number of ether oxygens (including phenoxy) is 1. The molecular weight excluding hydrogens is 188 g/mol. The average molecular weight is 204 g/mol. The van der Waals surface area contributed by atoms with Gasteiger partial charge in [0.2, 0.25) is 0 Å². The number of amidine groups is 1. The maximum atomic E-state index is 5.72. The van der Waals surface area contributed by atoms with E-state index in [4.69, 9.17) is 4.74 Å². The molecule has 15 heavy (non-hydrogen) atoms. The molecule has 0 aromatic heterocycles. The number of nitrogens with one attached hydrogen (secondary N) is 1. The number of rotatable bonds is 4. The predicted octanol–water partition coefficient (Wildman–Crippen LogP) is 1.77. The van der Waals surface area contributed by atoms with Gasteiger partial charge in [0, 0.05) is 13.2 Å². The second kappa shape index (κ2) is 4.94. The Labute approximate surface area is 90.2 Å². The Morgan fingerprint density at radius 3 is 2.80 bits per heavy atom. The van der Waals surface area contributed by atoms with Gasteiger partial charge in [0.15, 0.2) is 0 Å². The smallest absolute Gasteiger partial charge is 0.139 e. The van der Waals surface area contributed by atoms with Crippen molar-refractivity contribution in [3.8, 4) is 0 Å². The standard InChI is InChI=1S/C12H16N2O/c1-2-15-11(12-13-8-9-14-12)10-6-4-3-5-7-10/h3-7,11H,2,8-9H2,1H3,(H,13,14). The minimum absolute atomic E-state index is 0.0290. The third kappa shape index (κ3) is 2.36. The Balaban J connectivity index is 2.19. The second-order valence-electron chi connectivity index (χ2n) is 3.44.